The third-order valence-corrected chi connectivity index (χ3v) is 5.27. The second-order valence-corrected chi connectivity index (χ2v) is 6.93. The molecule has 1 saturated carbocycles. The third-order valence-electron chi connectivity index (χ3n) is 3.67. The fourth-order valence-electron chi connectivity index (χ4n) is 2.63. The van der Waals surface area contributed by atoms with E-state index >= 15 is 0 Å². The first-order valence-corrected chi connectivity index (χ1v) is 8.63. The number of hydrogen-bond acceptors (Lipinski definition) is 4. The van der Waals surface area contributed by atoms with Crippen molar-refractivity contribution in [2.75, 3.05) is 11.9 Å². The van der Waals surface area contributed by atoms with E-state index in [9.17, 15) is 8.42 Å². The summed E-state index contributed by atoms with van der Waals surface area (Å²) in [5.74, 6) is 0. The molecule has 5 nitrogen and oxygen atoms in total. The molecule has 1 aliphatic carbocycles. The Morgan fingerprint density at radius 1 is 1.25 bits per heavy atom. The molecule has 0 radical (unpaired) electrons. The molecule has 6 heteroatoms. The predicted octanol–water partition coefficient (Wildman–Crippen LogP) is 1.67. The van der Waals surface area contributed by atoms with Crippen molar-refractivity contribution in [2.45, 2.75) is 49.6 Å². The molecular weight excluding hydrogens is 274 g/mol. The van der Waals surface area contributed by atoms with E-state index in [-0.39, 0.29) is 12.1 Å². The Morgan fingerprint density at radius 3 is 2.65 bits per heavy atom. The molecule has 0 unspecified atom stereocenters. The monoisotopic (exact) mass is 297 g/mol. The van der Waals surface area contributed by atoms with E-state index in [1.807, 2.05) is 6.07 Å². The zero-order valence-electron chi connectivity index (χ0n) is 11.8. The van der Waals surface area contributed by atoms with Gasteiger partial charge in [0.1, 0.15) is 4.90 Å². The van der Waals surface area contributed by atoms with Gasteiger partial charge in [0.15, 0.2) is 0 Å². The van der Waals surface area contributed by atoms with Crippen LogP contribution in [-0.2, 0) is 10.0 Å². The number of para-hydroxylation sites is 1. The Kier molecular flexibility index (Phi) is 5.01. The lowest BCUT2D eigenvalue weighted by molar-refractivity contribution is 0.403. The first-order chi connectivity index (χ1) is 9.54. The van der Waals surface area contributed by atoms with Crippen LogP contribution in [0.2, 0.25) is 0 Å². The van der Waals surface area contributed by atoms with Crippen LogP contribution in [0.5, 0.6) is 0 Å². The Hall–Kier alpha value is -1.11. The number of nitrogens with two attached hydrogens (primary N) is 1. The summed E-state index contributed by atoms with van der Waals surface area (Å²) in [7, 11) is -3.46. The fourth-order valence-corrected chi connectivity index (χ4v) is 3.84. The first-order valence-electron chi connectivity index (χ1n) is 7.15. The van der Waals surface area contributed by atoms with Crippen molar-refractivity contribution >= 4 is 15.7 Å². The van der Waals surface area contributed by atoms with Gasteiger partial charge in [-0.1, -0.05) is 31.9 Å². The Balaban J connectivity index is 2.24. The maximum absolute atomic E-state index is 12.2. The van der Waals surface area contributed by atoms with Crippen LogP contribution in [0.4, 0.5) is 5.69 Å². The molecule has 2 atom stereocenters. The zero-order valence-corrected chi connectivity index (χ0v) is 12.6. The summed E-state index contributed by atoms with van der Waals surface area (Å²) >= 11 is 0. The van der Waals surface area contributed by atoms with E-state index in [4.69, 9.17) is 5.73 Å². The molecule has 1 aromatic carbocycles. The highest BCUT2D eigenvalue weighted by Gasteiger charge is 2.24. The molecule has 0 spiro atoms. The Bertz CT molecular complexity index is 545. The molecule has 0 bridgehead atoms. The van der Waals surface area contributed by atoms with Crippen LogP contribution in [0.1, 0.15) is 32.6 Å². The normalized spacial score (nSPS) is 23.5. The smallest absolute Gasteiger partial charge is 0.242 e. The summed E-state index contributed by atoms with van der Waals surface area (Å²) < 4.78 is 26.9. The number of nitrogens with one attached hydrogen (secondary N) is 2. The summed E-state index contributed by atoms with van der Waals surface area (Å²) in [4.78, 5) is 0.291. The van der Waals surface area contributed by atoms with Crippen LogP contribution in [0.15, 0.2) is 29.2 Å². The minimum absolute atomic E-state index is 0.0821. The highest BCUT2D eigenvalue weighted by Crippen LogP contribution is 2.25. The summed E-state index contributed by atoms with van der Waals surface area (Å²) in [6, 6.07) is 7.21. The molecule has 1 aromatic rings. The number of hydrogen-bond donors (Lipinski definition) is 3. The minimum Gasteiger partial charge on any atom is -0.380 e. The molecule has 0 amide bonds. The number of benzene rings is 1. The molecule has 1 fully saturated rings. The summed E-state index contributed by atoms with van der Waals surface area (Å²) in [6.07, 6.45) is 4.25. The van der Waals surface area contributed by atoms with Crippen molar-refractivity contribution in [2.24, 2.45) is 5.73 Å². The Morgan fingerprint density at radius 2 is 1.95 bits per heavy atom. The largest absolute Gasteiger partial charge is 0.380 e. The van der Waals surface area contributed by atoms with Crippen molar-refractivity contribution in [1.82, 2.24) is 4.72 Å². The lowest BCUT2D eigenvalue weighted by Crippen LogP contribution is -2.43. The molecule has 0 aromatic heterocycles. The highest BCUT2D eigenvalue weighted by molar-refractivity contribution is 7.89. The van der Waals surface area contributed by atoms with Crippen molar-refractivity contribution < 1.29 is 8.42 Å². The van der Waals surface area contributed by atoms with Crippen molar-refractivity contribution in [3.63, 3.8) is 0 Å². The average Bonchev–Trinajstić information content (AvgIpc) is 2.42. The van der Waals surface area contributed by atoms with Gasteiger partial charge in [0.25, 0.3) is 0 Å². The topological polar surface area (TPSA) is 84.2 Å². The maximum Gasteiger partial charge on any atom is 0.242 e. The second kappa shape index (κ2) is 6.56. The van der Waals surface area contributed by atoms with Gasteiger partial charge in [-0.05, 0) is 25.0 Å². The molecule has 112 valence electrons. The van der Waals surface area contributed by atoms with Gasteiger partial charge in [-0.3, -0.25) is 0 Å². The van der Waals surface area contributed by atoms with Crippen molar-refractivity contribution in [3.8, 4) is 0 Å². The maximum atomic E-state index is 12.2. The molecule has 4 N–H and O–H groups in total. The van der Waals surface area contributed by atoms with Gasteiger partial charge >= 0.3 is 0 Å². The Labute approximate surface area is 121 Å². The zero-order chi connectivity index (χ0) is 14.6. The van der Waals surface area contributed by atoms with E-state index < -0.39 is 10.0 Å². The first kappa shape index (κ1) is 15.3. The van der Waals surface area contributed by atoms with Crippen LogP contribution in [0.3, 0.4) is 0 Å². The van der Waals surface area contributed by atoms with Gasteiger partial charge in [-0.15, -0.1) is 0 Å². The average molecular weight is 297 g/mol. The van der Waals surface area contributed by atoms with Crippen LogP contribution in [0.25, 0.3) is 0 Å². The number of anilines is 1. The van der Waals surface area contributed by atoms with Gasteiger partial charge in [-0.25, -0.2) is 13.1 Å². The lowest BCUT2D eigenvalue weighted by Gasteiger charge is -2.30. The van der Waals surface area contributed by atoms with E-state index in [0.717, 1.165) is 25.7 Å². The molecule has 1 aliphatic rings. The summed E-state index contributed by atoms with van der Waals surface area (Å²) in [5.41, 5.74) is 6.75. The molecule has 20 heavy (non-hydrogen) atoms. The van der Waals surface area contributed by atoms with Crippen molar-refractivity contribution in [1.29, 1.82) is 0 Å². The number of sulfonamides is 1. The third kappa shape index (κ3) is 3.50. The summed E-state index contributed by atoms with van der Waals surface area (Å²) in [5, 5.41) is 3.32. The van der Waals surface area contributed by atoms with Crippen molar-refractivity contribution in [3.05, 3.63) is 24.3 Å². The summed E-state index contributed by atoms with van der Waals surface area (Å²) in [6.45, 7) is 2.14. The predicted molar refractivity (Wildman–Crippen MR) is 81.2 cm³/mol. The van der Waals surface area contributed by atoms with E-state index in [1.54, 1.807) is 25.1 Å². The van der Waals surface area contributed by atoms with E-state index in [1.165, 1.54) is 0 Å². The molecule has 0 saturated heterocycles. The van der Waals surface area contributed by atoms with Crippen LogP contribution >= 0.6 is 0 Å². The van der Waals surface area contributed by atoms with E-state index in [0.29, 0.717) is 17.1 Å². The van der Waals surface area contributed by atoms with Gasteiger partial charge in [0.2, 0.25) is 10.0 Å². The van der Waals surface area contributed by atoms with Crippen LogP contribution in [0, 0.1) is 0 Å². The van der Waals surface area contributed by atoms with Crippen LogP contribution < -0.4 is 15.8 Å². The second-order valence-electron chi connectivity index (χ2n) is 5.20. The molecule has 0 aliphatic heterocycles. The van der Waals surface area contributed by atoms with E-state index in [2.05, 4.69) is 10.0 Å². The highest BCUT2D eigenvalue weighted by atomic mass is 32.2. The quantitative estimate of drug-likeness (QED) is 0.772. The number of rotatable bonds is 5. The van der Waals surface area contributed by atoms with Gasteiger partial charge < -0.3 is 11.1 Å². The van der Waals surface area contributed by atoms with Gasteiger partial charge in [0, 0.05) is 18.6 Å². The molecular formula is C14H23N3O2S. The molecule has 0 heterocycles. The molecule has 2 rings (SSSR count). The fraction of sp³-hybridized carbons (Fsp3) is 0.571. The minimum atomic E-state index is -3.46. The standard InChI is InChI=1S/C14H23N3O2S/c1-2-16-20(18,19)14-10-6-5-9-13(14)17-12-8-4-3-7-11(12)15/h5-6,9-12,16-17H,2-4,7-8,15H2,1H3/t11-,12-/m1/s1. The SMILES string of the molecule is CCNS(=O)(=O)c1ccccc1N[C@@H]1CCCC[C@H]1N. The van der Waals surface area contributed by atoms with Crippen LogP contribution in [-0.4, -0.2) is 27.0 Å². The van der Waals surface area contributed by atoms with Gasteiger partial charge in [-0.2, -0.15) is 0 Å². The lowest BCUT2D eigenvalue weighted by atomic mass is 9.91. The van der Waals surface area contributed by atoms with Gasteiger partial charge in [0.05, 0.1) is 5.69 Å².